The standard InChI is InChI=1S/C20H23N3O3S2/c1-13-11-15(12-18(14(13)2)28(25,26)23(3)4)20(24)21-10-9-19-22-16-7-5-6-8-17(16)27-19/h5-8,11-12H,9-10H2,1-4H3,(H,21,24). The van der Waals surface area contributed by atoms with Crippen LogP contribution in [0.1, 0.15) is 26.5 Å². The van der Waals surface area contributed by atoms with Gasteiger partial charge in [-0.05, 0) is 49.2 Å². The van der Waals surface area contributed by atoms with Crippen molar-refractivity contribution in [3.63, 3.8) is 0 Å². The zero-order valence-corrected chi connectivity index (χ0v) is 17.9. The van der Waals surface area contributed by atoms with Gasteiger partial charge in [0.2, 0.25) is 10.0 Å². The summed E-state index contributed by atoms with van der Waals surface area (Å²) in [5.74, 6) is -0.292. The van der Waals surface area contributed by atoms with Gasteiger partial charge in [-0.3, -0.25) is 4.79 Å². The number of aryl methyl sites for hydroxylation is 1. The highest BCUT2D eigenvalue weighted by atomic mass is 32.2. The molecule has 28 heavy (non-hydrogen) atoms. The Morgan fingerprint density at radius 2 is 1.89 bits per heavy atom. The first-order valence-corrected chi connectivity index (χ1v) is 11.1. The normalized spacial score (nSPS) is 11.9. The van der Waals surface area contributed by atoms with Crippen molar-refractivity contribution in [2.24, 2.45) is 0 Å². The number of carbonyl (C=O) groups excluding carboxylic acids is 1. The van der Waals surface area contributed by atoms with Crippen LogP contribution < -0.4 is 5.32 Å². The molecule has 8 heteroatoms. The van der Waals surface area contributed by atoms with Gasteiger partial charge in [-0.1, -0.05) is 12.1 Å². The lowest BCUT2D eigenvalue weighted by Crippen LogP contribution is -2.27. The number of para-hydroxylation sites is 1. The van der Waals surface area contributed by atoms with Crippen molar-refractivity contribution < 1.29 is 13.2 Å². The topological polar surface area (TPSA) is 79.4 Å². The Kier molecular flexibility index (Phi) is 5.83. The fraction of sp³-hybridized carbons (Fsp3) is 0.300. The Labute approximate surface area is 169 Å². The van der Waals surface area contributed by atoms with Crippen molar-refractivity contribution >= 4 is 37.5 Å². The highest BCUT2D eigenvalue weighted by molar-refractivity contribution is 7.89. The number of nitrogens with one attached hydrogen (secondary N) is 1. The molecule has 6 nitrogen and oxygen atoms in total. The van der Waals surface area contributed by atoms with E-state index in [9.17, 15) is 13.2 Å². The quantitative estimate of drug-likeness (QED) is 0.668. The van der Waals surface area contributed by atoms with Crippen molar-refractivity contribution in [2.75, 3.05) is 20.6 Å². The van der Waals surface area contributed by atoms with Crippen molar-refractivity contribution in [3.8, 4) is 0 Å². The first-order chi connectivity index (χ1) is 13.2. The molecule has 0 atom stereocenters. The molecule has 3 rings (SSSR count). The maximum absolute atomic E-state index is 12.6. The molecule has 1 N–H and O–H groups in total. The number of benzene rings is 2. The number of sulfonamides is 1. The van der Waals surface area contributed by atoms with Gasteiger partial charge >= 0.3 is 0 Å². The van der Waals surface area contributed by atoms with E-state index in [0.29, 0.717) is 24.1 Å². The van der Waals surface area contributed by atoms with Crippen LogP contribution in [-0.2, 0) is 16.4 Å². The third kappa shape index (κ3) is 4.09. The number of aromatic nitrogens is 1. The Balaban J connectivity index is 1.74. The molecule has 148 valence electrons. The molecule has 0 saturated heterocycles. The smallest absolute Gasteiger partial charge is 0.251 e. The number of nitrogens with zero attached hydrogens (tertiary/aromatic N) is 2. The van der Waals surface area contributed by atoms with Gasteiger partial charge in [-0.25, -0.2) is 17.7 Å². The summed E-state index contributed by atoms with van der Waals surface area (Å²) < 4.78 is 27.4. The third-order valence-corrected chi connectivity index (χ3v) is 7.64. The molecule has 0 bridgehead atoms. The summed E-state index contributed by atoms with van der Waals surface area (Å²) in [4.78, 5) is 17.3. The Morgan fingerprint density at radius 3 is 2.57 bits per heavy atom. The van der Waals surface area contributed by atoms with Crippen LogP contribution in [0, 0.1) is 13.8 Å². The van der Waals surface area contributed by atoms with Crippen molar-refractivity contribution in [1.82, 2.24) is 14.6 Å². The van der Waals surface area contributed by atoms with Gasteiger partial charge in [0, 0.05) is 32.6 Å². The fourth-order valence-electron chi connectivity index (χ4n) is 2.83. The first kappa shape index (κ1) is 20.4. The highest BCUT2D eigenvalue weighted by Gasteiger charge is 2.22. The minimum atomic E-state index is -3.62. The average Bonchev–Trinajstić information content (AvgIpc) is 3.06. The highest BCUT2D eigenvalue weighted by Crippen LogP contribution is 2.24. The van der Waals surface area contributed by atoms with E-state index in [0.717, 1.165) is 25.1 Å². The van der Waals surface area contributed by atoms with Gasteiger partial charge in [-0.2, -0.15) is 0 Å². The molecule has 0 fully saturated rings. The Hall–Kier alpha value is -2.29. The third-order valence-electron chi connectivity index (χ3n) is 4.60. The number of thiazole rings is 1. The molecule has 1 heterocycles. The maximum atomic E-state index is 12.6. The van der Waals surface area contributed by atoms with E-state index >= 15 is 0 Å². The van der Waals surface area contributed by atoms with Crippen molar-refractivity contribution in [2.45, 2.75) is 25.2 Å². The Bertz CT molecular complexity index is 1100. The lowest BCUT2D eigenvalue weighted by atomic mass is 10.1. The summed E-state index contributed by atoms with van der Waals surface area (Å²) in [6.45, 7) is 3.99. The van der Waals surface area contributed by atoms with Crippen LogP contribution in [-0.4, -0.2) is 44.3 Å². The van der Waals surface area contributed by atoms with E-state index in [1.54, 1.807) is 24.3 Å². The summed E-state index contributed by atoms with van der Waals surface area (Å²) in [6, 6.07) is 11.1. The summed E-state index contributed by atoms with van der Waals surface area (Å²) >= 11 is 1.61. The summed E-state index contributed by atoms with van der Waals surface area (Å²) in [5, 5.41) is 3.82. The van der Waals surface area contributed by atoms with E-state index in [2.05, 4.69) is 10.3 Å². The molecule has 0 radical (unpaired) electrons. The zero-order chi connectivity index (χ0) is 20.5. The van der Waals surface area contributed by atoms with Gasteiger partial charge in [-0.15, -0.1) is 11.3 Å². The molecular weight excluding hydrogens is 394 g/mol. The Morgan fingerprint density at radius 1 is 1.18 bits per heavy atom. The SMILES string of the molecule is Cc1cc(C(=O)NCCc2nc3ccccc3s2)cc(S(=O)(=O)N(C)C)c1C. The second-order valence-electron chi connectivity index (χ2n) is 6.78. The second-order valence-corrected chi connectivity index (χ2v) is 10.0. The van der Waals surface area contributed by atoms with Gasteiger partial charge < -0.3 is 5.32 Å². The van der Waals surface area contributed by atoms with Gasteiger partial charge in [0.1, 0.15) is 0 Å². The molecule has 0 saturated carbocycles. The number of amides is 1. The van der Waals surface area contributed by atoms with Crippen LogP contribution in [0.4, 0.5) is 0 Å². The second kappa shape index (κ2) is 7.98. The van der Waals surface area contributed by atoms with Crippen LogP contribution in [0.25, 0.3) is 10.2 Å². The molecule has 0 aliphatic rings. The van der Waals surface area contributed by atoms with E-state index in [-0.39, 0.29) is 10.8 Å². The van der Waals surface area contributed by atoms with E-state index in [1.165, 1.54) is 20.2 Å². The molecule has 1 aromatic heterocycles. The van der Waals surface area contributed by atoms with Gasteiger partial charge in [0.25, 0.3) is 5.91 Å². The van der Waals surface area contributed by atoms with E-state index in [1.807, 2.05) is 31.2 Å². The van der Waals surface area contributed by atoms with Crippen LogP contribution in [0.5, 0.6) is 0 Å². The average molecular weight is 418 g/mol. The molecule has 2 aromatic carbocycles. The number of carbonyl (C=O) groups is 1. The number of fused-ring (bicyclic) bond motifs is 1. The summed E-state index contributed by atoms with van der Waals surface area (Å²) in [7, 11) is -0.657. The molecule has 3 aromatic rings. The fourth-order valence-corrected chi connectivity index (χ4v) is 5.02. The maximum Gasteiger partial charge on any atom is 0.251 e. The predicted octanol–water partition coefficient (Wildman–Crippen LogP) is 3.14. The van der Waals surface area contributed by atoms with E-state index in [4.69, 9.17) is 0 Å². The number of hydrogen-bond acceptors (Lipinski definition) is 5. The molecule has 0 unspecified atom stereocenters. The van der Waals surface area contributed by atoms with Crippen LogP contribution in [0.3, 0.4) is 0 Å². The molecule has 0 aliphatic heterocycles. The predicted molar refractivity (Wildman–Crippen MR) is 112 cm³/mol. The largest absolute Gasteiger partial charge is 0.352 e. The molecular formula is C20H23N3O3S2. The lowest BCUT2D eigenvalue weighted by Gasteiger charge is -2.16. The minimum absolute atomic E-state index is 0.161. The van der Waals surface area contributed by atoms with Gasteiger partial charge in [0.05, 0.1) is 20.1 Å². The molecule has 1 amide bonds. The first-order valence-electron chi connectivity index (χ1n) is 8.86. The van der Waals surface area contributed by atoms with Gasteiger partial charge in [0.15, 0.2) is 0 Å². The van der Waals surface area contributed by atoms with Crippen molar-refractivity contribution in [1.29, 1.82) is 0 Å². The molecule has 0 spiro atoms. The number of rotatable bonds is 6. The van der Waals surface area contributed by atoms with Crippen LogP contribution >= 0.6 is 11.3 Å². The molecule has 0 aliphatic carbocycles. The lowest BCUT2D eigenvalue weighted by molar-refractivity contribution is 0.0954. The minimum Gasteiger partial charge on any atom is -0.352 e. The monoisotopic (exact) mass is 417 g/mol. The summed E-state index contributed by atoms with van der Waals surface area (Å²) in [6.07, 6.45) is 0.624. The zero-order valence-electron chi connectivity index (χ0n) is 16.3. The summed E-state index contributed by atoms with van der Waals surface area (Å²) in [5.41, 5.74) is 2.72. The van der Waals surface area contributed by atoms with Crippen molar-refractivity contribution in [3.05, 3.63) is 58.1 Å². The number of hydrogen-bond donors (Lipinski definition) is 1. The van der Waals surface area contributed by atoms with Crippen LogP contribution in [0.15, 0.2) is 41.3 Å². The van der Waals surface area contributed by atoms with Crippen LogP contribution in [0.2, 0.25) is 0 Å². The van der Waals surface area contributed by atoms with E-state index < -0.39 is 10.0 Å².